The van der Waals surface area contributed by atoms with Crippen LogP contribution in [0.4, 0.5) is 0 Å². The summed E-state index contributed by atoms with van der Waals surface area (Å²) < 4.78 is 7.67. The first-order valence-electron chi connectivity index (χ1n) is 10.8. The lowest BCUT2D eigenvalue weighted by molar-refractivity contribution is -0.122. The van der Waals surface area contributed by atoms with Crippen molar-refractivity contribution in [2.45, 2.75) is 13.0 Å². The third-order valence-corrected chi connectivity index (χ3v) is 6.75. The second kappa shape index (κ2) is 8.75. The number of carbonyl (C=O) groups is 2. The van der Waals surface area contributed by atoms with Crippen LogP contribution in [0.5, 0.6) is 5.75 Å². The van der Waals surface area contributed by atoms with Crippen molar-refractivity contribution >= 4 is 61.7 Å². The van der Waals surface area contributed by atoms with Gasteiger partial charge in [-0.3, -0.25) is 20.3 Å². The van der Waals surface area contributed by atoms with Gasteiger partial charge in [0.05, 0.1) is 23.8 Å². The summed E-state index contributed by atoms with van der Waals surface area (Å²) in [6, 6.07) is 13.4. The van der Waals surface area contributed by atoms with Crippen molar-refractivity contribution in [1.82, 2.24) is 14.9 Å². The highest BCUT2D eigenvalue weighted by Gasteiger charge is 2.35. The number of benzene rings is 2. The number of aromatic amines is 1. The first-order chi connectivity index (χ1) is 16.5. The average Bonchev–Trinajstić information content (AvgIpc) is 3.49. The van der Waals surface area contributed by atoms with E-state index >= 15 is 0 Å². The number of amidine groups is 1. The van der Waals surface area contributed by atoms with E-state index in [2.05, 4.69) is 10.3 Å². The number of aromatic nitrogens is 2. The van der Waals surface area contributed by atoms with E-state index in [4.69, 9.17) is 15.9 Å². The second-order valence-corrected chi connectivity index (χ2v) is 9.08. The van der Waals surface area contributed by atoms with Crippen LogP contribution in [0.3, 0.4) is 0 Å². The van der Waals surface area contributed by atoms with Gasteiger partial charge >= 0.3 is 0 Å². The van der Waals surface area contributed by atoms with E-state index in [-0.39, 0.29) is 5.17 Å². The zero-order valence-corrected chi connectivity index (χ0v) is 19.3. The Morgan fingerprint density at radius 2 is 1.79 bits per heavy atom. The van der Waals surface area contributed by atoms with Crippen LogP contribution in [-0.2, 0) is 16.1 Å². The molecule has 2 amide bonds. The average molecular weight is 474 g/mol. The SMILES string of the molecule is COc1cccc2c(C3=C(c4c[nH]c5ccccc45)C(=O)NC3=O)cn(CCCSC(=N)N)c12. The molecule has 0 radical (unpaired) electrons. The number of hydrogen-bond donors (Lipinski definition) is 4. The van der Waals surface area contributed by atoms with Gasteiger partial charge < -0.3 is 20.0 Å². The van der Waals surface area contributed by atoms with E-state index in [1.165, 1.54) is 11.8 Å². The van der Waals surface area contributed by atoms with E-state index in [0.29, 0.717) is 40.3 Å². The predicted molar refractivity (Wildman–Crippen MR) is 136 cm³/mol. The lowest BCUT2D eigenvalue weighted by Gasteiger charge is -2.08. The molecular formula is C25H23N5O3S. The minimum absolute atomic E-state index is 0.0882. The van der Waals surface area contributed by atoms with Gasteiger partial charge in [-0.15, -0.1) is 0 Å². The van der Waals surface area contributed by atoms with Crippen molar-refractivity contribution < 1.29 is 14.3 Å². The molecular weight excluding hydrogens is 450 g/mol. The summed E-state index contributed by atoms with van der Waals surface area (Å²) in [4.78, 5) is 29.3. The number of rotatable bonds is 7. The Hall–Kier alpha value is -3.98. The molecule has 34 heavy (non-hydrogen) atoms. The Kier molecular flexibility index (Phi) is 5.62. The molecule has 5 N–H and O–H groups in total. The highest BCUT2D eigenvalue weighted by molar-refractivity contribution is 8.13. The molecule has 1 aliphatic heterocycles. The molecule has 0 fully saturated rings. The molecule has 0 atom stereocenters. The normalized spacial score (nSPS) is 13.8. The maximum absolute atomic E-state index is 13.1. The Bertz CT molecular complexity index is 1500. The standard InChI is InChI=1S/C25H23N5O3S/c1-33-19-9-4-7-15-17(13-30(22(15)19)10-5-11-34-25(26)27)21-20(23(31)29-24(21)32)16-12-28-18-8-3-2-6-14(16)18/h2-4,6-9,12-13,28H,5,10-11H2,1H3,(H3,26,27)(H,29,31,32). The maximum atomic E-state index is 13.1. The fourth-order valence-electron chi connectivity index (χ4n) is 4.53. The van der Waals surface area contributed by atoms with Crippen LogP contribution in [0.1, 0.15) is 17.5 Å². The second-order valence-electron chi connectivity index (χ2n) is 7.94. The van der Waals surface area contributed by atoms with Crippen LogP contribution >= 0.6 is 11.8 Å². The number of nitrogens with one attached hydrogen (secondary N) is 3. The van der Waals surface area contributed by atoms with E-state index in [9.17, 15) is 9.59 Å². The number of para-hydroxylation sites is 2. The molecule has 0 aliphatic carbocycles. The van der Waals surface area contributed by atoms with Gasteiger partial charge in [0, 0.05) is 52.1 Å². The molecule has 1 aliphatic rings. The highest BCUT2D eigenvalue weighted by atomic mass is 32.2. The lowest BCUT2D eigenvalue weighted by atomic mass is 9.95. The molecule has 2 aromatic heterocycles. The summed E-state index contributed by atoms with van der Waals surface area (Å²) in [6.45, 7) is 0.641. The van der Waals surface area contributed by atoms with E-state index in [0.717, 1.165) is 28.2 Å². The van der Waals surface area contributed by atoms with Crippen LogP contribution in [0, 0.1) is 5.41 Å². The van der Waals surface area contributed by atoms with Gasteiger partial charge in [0.1, 0.15) is 5.75 Å². The summed E-state index contributed by atoms with van der Waals surface area (Å²) in [6.07, 6.45) is 4.45. The number of ether oxygens (including phenoxy) is 1. The zero-order chi connectivity index (χ0) is 23.8. The van der Waals surface area contributed by atoms with Crippen LogP contribution in [0.15, 0.2) is 54.9 Å². The molecule has 3 heterocycles. The van der Waals surface area contributed by atoms with Crippen molar-refractivity contribution in [3.63, 3.8) is 0 Å². The number of imide groups is 1. The van der Waals surface area contributed by atoms with E-state index < -0.39 is 11.8 Å². The van der Waals surface area contributed by atoms with Gasteiger partial charge in [0.25, 0.3) is 11.8 Å². The van der Waals surface area contributed by atoms with Crippen LogP contribution in [0.25, 0.3) is 33.0 Å². The number of fused-ring (bicyclic) bond motifs is 2. The van der Waals surface area contributed by atoms with Crippen molar-refractivity contribution in [3.05, 3.63) is 66.0 Å². The first kappa shape index (κ1) is 21.8. The summed E-state index contributed by atoms with van der Waals surface area (Å²) in [7, 11) is 1.61. The number of amides is 2. The number of methoxy groups -OCH3 is 1. The molecule has 9 heteroatoms. The topological polar surface area (TPSA) is 126 Å². The first-order valence-corrected chi connectivity index (χ1v) is 11.8. The van der Waals surface area contributed by atoms with Crippen LogP contribution < -0.4 is 15.8 Å². The Morgan fingerprint density at radius 3 is 2.56 bits per heavy atom. The smallest absolute Gasteiger partial charge is 0.259 e. The monoisotopic (exact) mass is 473 g/mol. The van der Waals surface area contributed by atoms with Crippen LogP contribution in [0.2, 0.25) is 0 Å². The van der Waals surface area contributed by atoms with Gasteiger partial charge in [-0.25, -0.2) is 0 Å². The Labute approximate surface area is 199 Å². The molecule has 5 rings (SSSR count). The molecule has 8 nitrogen and oxygen atoms in total. The Balaban J connectivity index is 1.70. The molecule has 0 saturated carbocycles. The largest absolute Gasteiger partial charge is 0.495 e. The number of nitrogens with zero attached hydrogens (tertiary/aromatic N) is 1. The van der Waals surface area contributed by atoms with Crippen molar-refractivity contribution in [2.24, 2.45) is 5.73 Å². The maximum Gasteiger partial charge on any atom is 0.259 e. The third-order valence-electron chi connectivity index (χ3n) is 5.94. The summed E-state index contributed by atoms with van der Waals surface area (Å²) >= 11 is 1.29. The molecule has 0 bridgehead atoms. The van der Waals surface area contributed by atoms with Gasteiger partial charge in [-0.2, -0.15) is 0 Å². The molecule has 4 aromatic rings. The number of thioether (sulfide) groups is 1. The Morgan fingerprint density at radius 1 is 1.06 bits per heavy atom. The number of H-pyrrole nitrogens is 1. The number of nitrogens with two attached hydrogens (primary N) is 1. The minimum atomic E-state index is -0.417. The molecule has 0 unspecified atom stereocenters. The zero-order valence-electron chi connectivity index (χ0n) is 18.5. The fourth-order valence-corrected chi connectivity index (χ4v) is 5.02. The third kappa shape index (κ3) is 3.63. The quantitative estimate of drug-likeness (QED) is 0.141. The molecule has 2 aromatic carbocycles. The van der Waals surface area contributed by atoms with E-state index in [1.807, 2.05) is 53.2 Å². The number of hydrogen-bond acceptors (Lipinski definition) is 5. The minimum Gasteiger partial charge on any atom is -0.495 e. The van der Waals surface area contributed by atoms with Crippen molar-refractivity contribution in [2.75, 3.05) is 12.9 Å². The van der Waals surface area contributed by atoms with Gasteiger partial charge in [-0.1, -0.05) is 42.1 Å². The molecule has 172 valence electrons. The van der Waals surface area contributed by atoms with Gasteiger partial charge in [0.15, 0.2) is 5.17 Å². The number of carbonyl (C=O) groups excluding carboxylic acids is 2. The van der Waals surface area contributed by atoms with E-state index in [1.54, 1.807) is 13.3 Å². The number of aryl methyl sites for hydroxylation is 1. The van der Waals surface area contributed by atoms with Gasteiger partial charge in [-0.05, 0) is 18.6 Å². The summed E-state index contributed by atoms with van der Waals surface area (Å²) in [5, 5.41) is 11.7. The predicted octanol–water partition coefficient (Wildman–Crippen LogP) is 3.72. The summed E-state index contributed by atoms with van der Waals surface area (Å²) in [5.74, 6) is 0.550. The fraction of sp³-hybridized carbons (Fsp3) is 0.160. The van der Waals surface area contributed by atoms with Crippen LogP contribution in [-0.4, -0.2) is 39.4 Å². The lowest BCUT2D eigenvalue weighted by Crippen LogP contribution is -2.22. The summed E-state index contributed by atoms with van der Waals surface area (Å²) in [5.41, 5.74) is 9.28. The molecule has 0 saturated heterocycles. The van der Waals surface area contributed by atoms with Crippen molar-refractivity contribution in [3.8, 4) is 5.75 Å². The molecule has 0 spiro atoms. The van der Waals surface area contributed by atoms with Gasteiger partial charge in [0.2, 0.25) is 0 Å². The van der Waals surface area contributed by atoms with Crippen molar-refractivity contribution in [1.29, 1.82) is 5.41 Å². The highest BCUT2D eigenvalue weighted by Crippen LogP contribution is 2.40.